The number of amides is 1. The van der Waals surface area contributed by atoms with Crippen molar-refractivity contribution < 1.29 is 23.7 Å². The van der Waals surface area contributed by atoms with Gasteiger partial charge in [-0.15, -0.1) is 11.3 Å². The van der Waals surface area contributed by atoms with E-state index in [9.17, 15) is 4.79 Å². The number of hydrogen-bond acceptors (Lipinski definition) is 6. The molecular weight excluding hydrogens is 414 g/mol. The van der Waals surface area contributed by atoms with Gasteiger partial charge in [0.25, 0.3) is 5.91 Å². The summed E-state index contributed by atoms with van der Waals surface area (Å²) in [6.07, 6.45) is 0.718. The molecule has 0 radical (unpaired) electrons. The van der Waals surface area contributed by atoms with Gasteiger partial charge in [-0.25, -0.2) is 0 Å². The lowest BCUT2D eigenvalue weighted by Crippen LogP contribution is -2.40. The molecule has 0 N–H and O–H groups in total. The molecule has 0 saturated carbocycles. The lowest BCUT2D eigenvalue weighted by atomic mass is 9.90. The second-order valence-electron chi connectivity index (χ2n) is 7.11. The van der Waals surface area contributed by atoms with Crippen LogP contribution in [0.5, 0.6) is 23.0 Å². The highest BCUT2D eigenvalue weighted by Crippen LogP contribution is 2.43. The lowest BCUT2D eigenvalue weighted by Gasteiger charge is -2.37. The number of para-hydroxylation sites is 1. The smallest absolute Gasteiger partial charge is 0.258 e. The average molecular weight is 440 g/mol. The van der Waals surface area contributed by atoms with Crippen LogP contribution in [0.25, 0.3) is 0 Å². The Morgan fingerprint density at radius 1 is 0.935 bits per heavy atom. The van der Waals surface area contributed by atoms with E-state index in [2.05, 4.69) is 6.07 Å². The fourth-order valence-electron chi connectivity index (χ4n) is 4.13. The molecule has 7 heteroatoms. The van der Waals surface area contributed by atoms with Gasteiger partial charge in [0.2, 0.25) is 0 Å². The van der Waals surface area contributed by atoms with Crippen molar-refractivity contribution in [1.29, 1.82) is 0 Å². The molecule has 1 unspecified atom stereocenters. The van der Waals surface area contributed by atoms with Crippen molar-refractivity contribution in [1.82, 2.24) is 4.90 Å². The van der Waals surface area contributed by atoms with Crippen molar-refractivity contribution in [2.75, 3.05) is 35.0 Å². The largest absolute Gasteiger partial charge is 0.493 e. The standard InChI is InChI=1S/C24H25NO5S/c1-27-18-8-5-7-16(23(18)30-4)24(26)25-11-10-15-13-19(28-2)20(29-3)14-17(15)22(25)21-9-6-12-31-21/h5-9,12-14,22H,10-11H2,1-4H3. The highest BCUT2D eigenvalue weighted by atomic mass is 32.1. The fourth-order valence-corrected chi connectivity index (χ4v) is 4.98. The summed E-state index contributed by atoms with van der Waals surface area (Å²) in [5, 5.41) is 2.03. The van der Waals surface area contributed by atoms with E-state index >= 15 is 0 Å². The number of nitrogens with zero attached hydrogens (tertiary/aromatic N) is 1. The summed E-state index contributed by atoms with van der Waals surface area (Å²) < 4.78 is 22.0. The number of hydrogen-bond donors (Lipinski definition) is 0. The molecule has 1 aromatic heterocycles. The molecule has 4 rings (SSSR count). The third-order valence-corrected chi connectivity index (χ3v) is 6.51. The van der Waals surface area contributed by atoms with Crippen LogP contribution in [0.2, 0.25) is 0 Å². The van der Waals surface area contributed by atoms with Crippen molar-refractivity contribution in [2.45, 2.75) is 12.5 Å². The van der Waals surface area contributed by atoms with E-state index in [1.165, 1.54) is 0 Å². The Morgan fingerprint density at radius 2 is 1.68 bits per heavy atom. The number of ether oxygens (including phenoxy) is 4. The van der Waals surface area contributed by atoms with Crippen LogP contribution >= 0.6 is 11.3 Å². The minimum absolute atomic E-state index is 0.102. The first-order chi connectivity index (χ1) is 15.1. The Bertz CT molecular complexity index is 1080. The van der Waals surface area contributed by atoms with E-state index < -0.39 is 0 Å². The summed E-state index contributed by atoms with van der Waals surface area (Å²) in [4.78, 5) is 16.8. The van der Waals surface area contributed by atoms with E-state index in [4.69, 9.17) is 18.9 Å². The Morgan fingerprint density at radius 3 is 2.32 bits per heavy atom. The number of methoxy groups -OCH3 is 4. The third kappa shape index (κ3) is 3.70. The molecule has 162 valence electrons. The molecule has 0 aliphatic carbocycles. The van der Waals surface area contributed by atoms with E-state index in [1.54, 1.807) is 58.0 Å². The van der Waals surface area contributed by atoms with Crippen LogP contribution in [-0.4, -0.2) is 45.8 Å². The topological polar surface area (TPSA) is 57.2 Å². The molecular formula is C24H25NO5S. The molecule has 1 amide bonds. The summed E-state index contributed by atoms with van der Waals surface area (Å²) in [6, 6.07) is 13.2. The Balaban J connectivity index is 1.84. The summed E-state index contributed by atoms with van der Waals surface area (Å²) in [5.74, 6) is 2.22. The zero-order valence-corrected chi connectivity index (χ0v) is 18.8. The molecule has 0 spiro atoms. The second kappa shape index (κ2) is 8.89. The van der Waals surface area contributed by atoms with Gasteiger partial charge >= 0.3 is 0 Å². The molecule has 3 aromatic rings. The van der Waals surface area contributed by atoms with E-state index in [-0.39, 0.29) is 11.9 Å². The number of thiophene rings is 1. The van der Waals surface area contributed by atoms with Gasteiger partial charge in [0.1, 0.15) is 0 Å². The minimum Gasteiger partial charge on any atom is -0.493 e. The van der Waals surface area contributed by atoms with Gasteiger partial charge < -0.3 is 23.8 Å². The molecule has 1 aliphatic rings. The second-order valence-corrected chi connectivity index (χ2v) is 8.09. The zero-order chi connectivity index (χ0) is 22.0. The monoisotopic (exact) mass is 439 g/mol. The molecule has 1 atom stereocenters. The van der Waals surface area contributed by atoms with Crippen LogP contribution in [0.1, 0.15) is 32.4 Å². The molecule has 2 heterocycles. The van der Waals surface area contributed by atoms with Gasteiger partial charge in [-0.05, 0) is 53.3 Å². The van der Waals surface area contributed by atoms with Crippen molar-refractivity contribution in [3.63, 3.8) is 0 Å². The van der Waals surface area contributed by atoms with Crippen molar-refractivity contribution in [3.8, 4) is 23.0 Å². The predicted octanol–water partition coefficient (Wildman–Crippen LogP) is 4.57. The maximum atomic E-state index is 13.8. The first-order valence-electron chi connectivity index (χ1n) is 9.93. The summed E-state index contributed by atoms with van der Waals surface area (Å²) in [5.41, 5.74) is 2.67. The molecule has 6 nitrogen and oxygen atoms in total. The Kier molecular flexibility index (Phi) is 6.04. The Labute approximate surface area is 185 Å². The number of benzene rings is 2. The van der Waals surface area contributed by atoms with Crippen LogP contribution in [0.4, 0.5) is 0 Å². The summed E-state index contributed by atoms with van der Waals surface area (Å²) in [7, 11) is 6.37. The molecule has 0 fully saturated rings. The van der Waals surface area contributed by atoms with Crippen LogP contribution in [0, 0.1) is 0 Å². The van der Waals surface area contributed by atoms with Gasteiger partial charge in [0.15, 0.2) is 23.0 Å². The number of fused-ring (bicyclic) bond motifs is 1. The van der Waals surface area contributed by atoms with Gasteiger partial charge in [-0.2, -0.15) is 0 Å². The maximum Gasteiger partial charge on any atom is 0.258 e. The van der Waals surface area contributed by atoms with Crippen molar-refractivity contribution >= 4 is 17.2 Å². The Hall–Kier alpha value is -3.19. The van der Waals surface area contributed by atoms with E-state index in [1.807, 2.05) is 28.5 Å². The molecule has 31 heavy (non-hydrogen) atoms. The van der Waals surface area contributed by atoms with Gasteiger partial charge in [-0.1, -0.05) is 12.1 Å². The zero-order valence-electron chi connectivity index (χ0n) is 18.0. The summed E-state index contributed by atoms with van der Waals surface area (Å²) >= 11 is 1.63. The molecule has 0 saturated heterocycles. The first kappa shape index (κ1) is 21.1. The molecule has 2 aromatic carbocycles. The fraction of sp³-hybridized carbons (Fsp3) is 0.292. The predicted molar refractivity (Wildman–Crippen MR) is 120 cm³/mol. The molecule has 0 bridgehead atoms. The van der Waals surface area contributed by atoms with Crippen molar-refractivity contribution in [3.05, 3.63) is 69.4 Å². The number of carbonyl (C=O) groups excluding carboxylic acids is 1. The first-order valence-corrected chi connectivity index (χ1v) is 10.8. The van der Waals surface area contributed by atoms with Gasteiger partial charge in [0.05, 0.1) is 40.0 Å². The normalized spacial score (nSPS) is 15.2. The molecule has 1 aliphatic heterocycles. The SMILES string of the molecule is COc1cc2c(cc1OC)C(c1cccs1)N(C(=O)c1cccc(OC)c1OC)CC2. The third-order valence-electron chi connectivity index (χ3n) is 5.58. The van der Waals surface area contributed by atoms with Gasteiger partial charge in [-0.3, -0.25) is 4.79 Å². The van der Waals surface area contributed by atoms with Crippen molar-refractivity contribution in [2.24, 2.45) is 0 Å². The van der Waals surface area contributed by atoms with E-state index in [0.717, 1.165) is 22.4 Å². The van der Waals surface area contributed by atoms with Crippen LogP contribution in [0.15, 0.2) is 47.8 Å². The van der Waals surface area contributed by atoms with Crippen LogP contribution in [0.3, 0.4) is 0 Å². The minimum atomic E-state index is -0.230. The number of rotatable bonds is 6. The quantitative estimate of drug-likeness (QED) is 0.563. The van der Waals surface area contributed by atoms with Crippen LogP contribution < -0.4 is 18.9 Å². The highest BCUT2D eigenvalue weighted by Gasteiger charge is 2.35. The highest BCUT2D eigenvalue weighted by molar-refractivity contribution is 7.10. The van der Waals surface area contributed by atoms with Gasteiger partial charge in [0, 0.05) is 11.4 Å². The number of carbonyl (C=O) groups is 1. The summed E-state index contributed by atoms with van der Waals surface area (Å²) in [6.45, 7) is 0.574. The van der Waals surface area contributed by atoms with Crippen LogP contribution in [-0.2, 0) is 6.42 Å². The van der Waals surface area contributed by atoms with E-state index in [0.29, 0.717) is 35.1 Å². The lowest BCUT2D eigenvalue weighted by molar-refractivity contribution is 0.0692. The average Bonchev–Trinajstić information content (AvgIpc) is 3.35. The maximum absolute atomic E-state index is 13.8.